The molecule has 6 heteroatoms. The molecular formula is C13H21BrN4O. The maximum Gasteiger partial charge on any atom is 0.0871 e. The fourth-order valence-electron chi connectivity index (χ4n) is 2.38. The zero-order valence-corrected chi connectivity index (χ0v) is 12.8. The average Bonchev–Trinajstić information content (AvgIpc) is 2.45. The maximum absolute atomic E-state index is 5.85. The van der Waals surface area contributed by atoms with Gasteiger partial charge in [0.25, 0.3) is 0 Å². The number of nitrogens with zero attached hydrogens (tertiary/aromatic N) is 2. The van der Waals surface area contributed by atoms with Crippen LogP contribution in [0.25, 0.3) is 0 Å². The molecule has 1 aromatic heterocycles. The van der Waals surface area contributed by atoms with Crippen LogP contribution in [0.1, 0.15) is 12.5 Å². The van der Waals surface area contributed by atoms with Gasteiger partial charge in [0.05, 0.1) is 18.8 Å². The number of aromatic nitrogens is 1. The lowest BCUT2D eigenvalue weighted by molar-refractivity contribution is -0.0448. The van der Waals surface area contributed by atoms with Crippen LogP contribution in [0.3, 0.4) is 0 Å². The molecule has 1 aromatic rings. The minimum absolute atomic E-state index is 0.102. The molecular weight excluding hydrogens is 308 g/mol. The third-order valence-corrected chi connectivity index (χ3v) is 3.94. The summed E-state index contributed by atoms with van der Waals surface area (Å²) in [6, 6.07) is 2.17. The summed E-state index contributed by atoms with van der Waals surface area (Å²) < 4.78 is 6.84. The minimum Gasteiger partial charge on any atom is -0.374 e. The van der Waals surface area contributed by atoms with Crippen molar-refractivity contribution in [2.45, 2.75) is 25.5 Å². The molecule has 0 spiro atoms. The van der Waals surface area contributed by atoms with Gasteiger partial charge in [0.2, 0.25) is 0 Å². The molecule has 0 aromatic carbocycles. The zero-order valence-electron chi connectivity index (χ0n) is 11.2. The Morgan fingerprint density at radius 1 is 1.63 bits per heavy atom. The number of likely N-dealkylation sites (N-methyl/N-ethyl adjacent to an activating group) is 1. The monoisotopic (exact) mass is 328 g/mol. The Hall–Kier alpha value is -0.530. The summed E-state index contributed by atoms with van der Waals surface area (Å²) in [6.45, 7) is 5.92. The molecule has 2 rings (SSSR count). The minimum atomic E-state index is 0.102. The molecule has 1 aliphatic rings. The topological polar surface area (TPSA) is 63.4 Å². The predicted molar refractivity (Wildman–Crippen MR) is 78.6 cm³/mol. The second kappa shape index (κ2) is 7.31. The first kappa shape index (κ1) is 14.9. The Kier molecular flexibility index (Phi) is 5.72. The highest BCUT2D eigenvalue weighted by molar-refractivity contribution is 9.10. The quantitative estimate of drug-likeness (QED) is 0.622. The number of nitrogens with one attached hydrogen (secondary N) is 1. The molecule has 2 unspecified atom stereocenters. The van der Waals surface area contributed by atoms with E-state index in [9.17, 15) is 0 Å². The molecule has 19 heavy (non-hydrogen) atoms. The van der Waals surface area contributed by atoms with Gasteiger partial charge in [-0.25, -0.2) is 0 Å². The van der Waals surface area contributed by atoms with Gasteiger partial charge < -0.3 is 4.74 Å². The molecule has 5 nitrogen and oxygen atoms in total. The van der Waals surface area contributed by atoms with Gasteiger partial charge in [0.15, 0.2) is 0 Å². The second-order valence-corrected chi connectivity index (χ2v) is 5.71. The molecule has 0 aliphatic carbocycles. The number of pyridine rings is 1. The van der Waals surface area contributed by atoms with E-state index in [4.69, 9.17) is 10.6 Å². The van der Waals surface area contributed by atoms with Crippen molar-refractivity contribution < 1.29 is 4.74 Å². The van der Waals surface area contributed by atoms with Crippen LogP contribution >= 0.6 is 15.9 Å². The van der Waals surface area contributed by atoms with Crippen molar-refractivity contribution in [1.82, 2.24) is 15.3 Å². The van der Waals surface area contributed by atoms with Gasteiger partial charge >= 0.3 is 0 Å². The highest BCUT2D eigenvalue weighted by atomic mass is 79.9. The molecule has 1 saturated heterocycles. The van der Waals surface area contributed by atoms with Crippen LogP contribution in [-0.4, -0.2) is 48.3 Å². The summed E-state index contributed by atoms with van der Waals surface area (Å²) in [5, 5.41) is 0. The molecule has 106 valence electrons. The third-order valence-electron chi connectivity index (χ3n) is 3.50. The highest BCUT2D eigenvalue weighted by Crippen LogP contribution is 2.15. The van der Waals surface area contributed by atoms with Crippen LogP contribution in [0.15, 0.2) is 22.9 Å². The first-order valence-electron chi connectivity index (χ1n) is 6.62. The number of hydrazine groups is 1. The van der Waals surface area contributed by atoms with Crippen molar-refractivity contribution in [1.29, 1.82) is 0 Å². The van der Waals surface area contributed by atoms with Gasteiger partial charge in [-0.05, 0) is 40.5 Å². The van der Waals surface area contributed by atoms with Gasteiger partial charge in [0.1, 0.15) is 0 Å². The smallest absolute Gasteiger partial charge is 0.0871 e. The Bertz CT molecular complexity index is 404. The van der Waals surface area contributed by atoms with E-state index in [2.05, 4.69) is 44.2 Å². The fourth-order valence-corrected chi connectivity index (χ4v) is 2.79. The lowest BCUT2D eigenvalue weighted by Gasteiger charge is -2.36. The fraction of sp³-hybridized carbons (Fsp3) is 0.615. The highest BCUT2D eigenvalue weighted by Gasteiger charge is 2.27. The Labute approximate surface area is 122 Å². The summed E-state index contributed by atoms with van der Waals surface area (Å²) >= 11 is 3.44. The van der Waals surface area contributed by atoms with E-state index in [1.807, 2.05) is 6.20 Å². The molecule has 1 aliphatic heterocycles. The summed E-state index contributed by atoms with van der Waals surface area (Å²) in [5.74, 6) is 5.70. The number of hydrogen-bond acceptors (Lipinski definition) is 5. The summed E-state index contributed by atoms with van der Waals surface area (Å²) in [5.41, 5.74) is 4.04. The van der Waals surface area contributed by atoms with Crippen molar-refractivity contribution in [2.75, 3.05) is 26.2 Å². The molecule has 1 fully saturated rings. The van der Waals surface area contributed by atoms with Gasteiger partial charge in [-0.1, -0.05) is 6.92 Å². The molecule has 2 heterocycles. The van der Waals surface area contributed by atoms with Crippen molar-refractivity contribution in [3.63, 3.8) is 0 Å². The first-order valence-corrected chi connectivity index (χ1v) is 7.41. The Morgan fingerprint density at radius 2 is 2.47 bits per heavy atom. The van der Waals surface area contributed by atoms with E-state index < -0.39 is 0 Å². The average molecular weight is 329 g/mol. The summed E-state index contributed by atoms with van der Waals surface area (Å²) in [4.78, 5) is 6.57. The molecule has 0 saturated carbocycles. The number of nitrogens with two attached hydrogens (primary N) is 1. The number of morpholine rings is 1. The van der Waals surface area contributed by atoms with Crippen LogP contribution in [0.2, 0.25) is 0 Å². The van der Waals surface area contributed by atoms with E-state index >= 15 is 0 Å². The van der Waals surface area contributed by atoms with Gasteiger partial charge in [-0.3, -0.25) is 21.2 Å². The second-order valence-electron chi connectivity index (χ2n) is 4.79. The number of halogens is 1. The zero-order chi connectivity index (χ0) is 13.7. The Balaban J connectivity index is 1.99. The Morgan fingerprint density at radius 3 is 3.16 bits per heavy atom. The van der Waals surface area contributed by atoms with E-state index in [1.54, 1.807) is 6.20 Å². The van der Waals surface area contributed by atoms with Crippen LogP contribution in [0.5, 0.6) is 0 Å². The van der Waals surface area contributed by atoms with E-state index in [1.165, 1.54) is 0 Å². The third kappa shape index (κ3) is 4.22. The SMILES string of the molecule is CCN1CCOC(C(Cc2cncc(Br)c2)NN)C1. The maximum atomic E-state index is 5.85. The number of rotatable bonds is 5. The van der Waals surface area contributed by atoms with Crippen molar-refractivity contribution in [3.05, 3.63) is 28.5 Å². The van der Waals surface area contributed by atoms with Crippen molar-refractivity contribution in [2.24, 2.45) is 5.84 Å². The van der Waals surface area contributed by atoms with Crippen molar-refractivity contribution >= 4 is 15.9 Å². The molecule has 0 bridgehead atoms. The van der Waals surface area contributed by atoms with Crippen LogP contribution in [0.4, 0.5) is 0 Å². The molecule has 0 amide bonds. The predicted octanol–water partition coefficient (Wildman–Crippen LogP) is 0.939. The molecule has 0 radical (unpaired) electrons. The number of ether oxygens (including phenoxy) is 1. The number of hydrogen-bond donors (Lipinski definition) is 2. The van der Waals surface area contributed by atoms with Crippen molar-refractivity contribution in [3.8, 4) is 0 Å². The van der Waals surface area contributed by atoms with Gasteiger partial charge in [-0.2, -0.15) is 0 Å². The first-order chi connectivity index (χ1) is 9.22. The van der Waals surface area contributed by atoms with Crippen LogP contribution in [0, 0.1) is 0 Å². The lowest BCUT2D eigenvalue weighted by atomic mass is 10.0. The van der Waals surface area contributed by atoms with Gasteiger partial charge in [-0.15, -0.1) is 0 Å². The largest absolute Gasteiger partial charge is 0.374 e. The molecule has 3 N–H and O–H groups in total. The van der Waals surface area contributed by atoms with Crippen LogP contribution in [-0.2, 0) is 11.2 Å². The molecule has 2 atom stereocenters. The van der Waals surface area contributed by atoms with Gasteiger partial charge in [0, 0.05) is 30.0 Å². The standard InChI is InChI=1S/C13H21BrN4O/c1-2-18-3-4-19-13(9-18)12(17-15)6-10-5-11(14)8-16-7-10/h5,7-8,12-13,17H,2-4,6,9,15H2,1H3. The lowest BCUT2D eigenvalue weighted by Crippen LogP contribution is -2.54. The van der Waals surface area contributed by atoms with Crippen LogP contribution < -0.4 is 11.3 Å². The van der Waals surface area contributed by atoms with E-state index in [-0.39, 0.29) is 12.1 Å². The van der Waals surface area contributed by atoms with E-state index in [0.29, 0.717) is 0 Å². The summed E-state index contributed by atoms with van der Waals surface area (Å²) in [7, 11) is 0. The normalized spacial score (nSPS) is 22.4. The summed E-state index contributed by atoms with van der Waals surface area (Å²) in [6.07, 6.45) is 4.59. The van der Waals surface area contributed by atoms with E-state index in [0.717, 1.165) is 42.7 Å².